The van der Waals surface area contributed by atoms with Gasteiger partial charge in [-0.15, -0.1) is 0 Å². The van der Waals surface area contributed by atoms with Crippen LogP contribution in [0.1, 0.15) is 37.7 Å². The van der Waals surface area contributed by atoms with Crippen LogP contribution in [0.3, 0.4) is 0 Å². The van der Waals surface area contributed by atoms with Gasteiger partial charge in [-0.05, 0) is 50.3 Å². The molecule has 194 valence electrons. The first-order valence-corrected chi connectivity index (χ1v) is 13.5. The Morgan fingerprint density at radius 1 is 0.971 bits per heavy atom. The molecule has 0 bridgehead atoms. The molecule has 0 N–H and O–H groups in total. The molecule has 2 aliphatic carbocycles. The normalized spacial score (nSPS) is 27.7. The zero-order valence-electron chi connectivity index (χ0n) is 19.1. The minimum atomic E-state index is -4.87. The van der Waals surface area contributed by atoms with Gasteiger partial charge in [0, 0.05) is 43.8 Å². The van der Waals surface area contributed by atoms with Crippen LogP contribution in [0.15, 0.2) is 23.1 Å². The molecule has 4 aliphatic rings. The van der Waals surface area contributed by atoms with E-state index in [-0.39, 0.29) is 19.3 Å². The molecule has 0 spiro atoms. The van der Waals surface area contributed by atoms with Gasteiger partial charge in [0.1, 0.15) is 0 Å². The third-order valence-corrected chi connectivity index (χ3v) is 9.92. The first-order chi connectivity index (χ1) is 16.3. The maximum atomic E-state index is 14.0. The van der Waals surface area contributed by atoms with Crippen LogP contribution in [0.5, 0.6) is 0 Å². The first kappa shape index (κ1) is 24.7. The Morgan fingerprint density at radius 3 is 2.20 bits per heavy atom. The van der Waals surface area contributed by atoms with Crippen molar-refractivity contribution in [3.63, 3.8) is 0 Å². The van der Waals surface area contributed by atoms with Crippen molar-refractivity contribution in [1.82, 2.24) is 9.80 Å². The van der Waals surface area contributed by atoms with Gasteiger partial charge in [0.25, 0.3) is 5.92 Å². The number of hydrogen-bond acceptors (Lipinski definition) is 5. The number of alkyl halides is 5. The van der Waals surface area contributed by atoms with Crippen molar-refractivity contribution in [3.05, 3.63) is 23.8 Å². The summed E-state index contributed by atoms with van der Waals surface area (Å²) in [4.78, 5) is 16.8. The van der Waals surface area contributed by atoms with E-state index in [1.54, 1.807) is 0 Å². The number of carbonyl (C=O) groups is 1. The lowest BCUT2D eigenvalue weighted by molar-refractivity contribution is -0.169. The van der Waals surface area contributed by atoms with Crippen molar-refractivity contribution in [3.8, 4) is 0 Å². The van der Waals surface area contributed by atoms with E-state index < -0.39 is 62.6 Å². The summed E-state index contributed by atoms with van der Waals surface area (Å²) in [5, 5.41) is -1.16. The second-order valence-corrected chi connectivity index (χ2v) is 12.4. The molecule has 35 heavy (non-hydrogen) atoms. The predicted molar refractivity (Wildman–Crippen MR) is 118 cm³/mol. The Bertz CT molecular complexity index is 1090. The lowest BCUT2D eigenvalue weighted by Gasteiger charge is -2.40. The molecule has 6 nitrogen and oxygen atoms in total. The van der Waals surface area contributed by atoms with Crippen LogP contribution < -0.4 is 4.90 Å². The fourth-order valence-corrected chi connectivity index (χ4v) is 7.55. The summed E-state index contributed by atoms with van der Waals surface area (Å²) in [7, 11) is -4.38. The highest BCUT2D eigenvalue weighted by molar-refractivity contribution is 7.92. The molecule has 2 atom stereocenters. The topological polar surface area (TPSA) is 60.9 Å². The van der Waals surface area contributed by atoms with Crippen molar-refractivity contribution in [2.45, 2.75) is 60.4 Å². The Balaban J connectivity index is 1.33. The summed E-state index contributed by atoms with van der Waals surface area (Å²) < 4.78 is 94.8. The van der Waals surface area contributed by atoms with E-state index in [9.17, 15) is 35.2 Å². The lowest BCUT2D eigenvalue weighted by atomic mass is 10.0. The Kier molecular flexibility index (Phi) is 6.05. The molecular weight excluding hydrogens is 493 g/mol. The molecule has 0 radical (unpaired) electrons. The average molecular weight is 522 g/mol. The summed E-state index contributed by atoms with van der Waals surface area (Å²) in [5.74, 6) is -4.26. The maximum absolute atomic E-state index is 14.0. The molecule has 1 aromatic rings. The van der Waals surface area contributed by atoms with Crippen molar-refractivity contribution in [2.24, 2.45) is 5.92 Å². The highest BCUT2D eigenvalue weighted by atomic mass is 32.2. The van der Waals surface area contributed by atoms with Gasteiger partial charge in [0.2, 0.25) is 5.91 Å². The fourth-order valence-electron chi connectivity index (χ4n) is 5.52. The van der Waals surface area contributed by atoms with E-state index in [0.29, 0.717) is 24.8 Å². The molecule has 2 aliphatic heterocycles. The number of nitrogens with zero attached hydrogens (tertiary/aromatic N) is 3. The van der Waals surface area contributed by atoms with Crippen LogP contribution in [0.2, 0.25) is 0 Å². The number of amides is 1. The molecule has 12 heteroatoms. The van der Waals surface area contributed by atoms with Gasteiger partial charge in [0.05, 0.1) is 28.8 Å². The Labute approximate surface area is 201 Å². The van der Waals surface area contributed by atoms with E-state index in [2.05, 4.69) is 4.90 Å². The molecular formula is C23H28F5N3O3S. The number of hydrogen-bond donors (Lipinski definition) is 0. The van der Waals surface area contributed by atoms with Gasteiger partial charge in [-0.25, -0.2) is 17.2 Å². The summed E-state index contributed by atoms with van der Waals surface area (Å²) in [5.41, 5.74) is -0.860. The van der Waals surface area contributed by atoms with E-state index in [0.717, 1.165) is 43.0 Å². The zero-order valence-corrected chi connectivity index (χ0v) is 19.9. The summed E-state index contributed by atoms with van der Waals surface area (Å²) >= 11 is 0. The molecule has 1 aromatic carbocycles. The average Bonchev–Trinajstić information content (AvgIpc) is 3.51. The van der Waals surface area contributed by atoms with E-state index in [1.807, 2.05) is 4.90 Å². The van der Waals surface area contributed by atoms with Crippen LogP contribution in [-0.2, 0) is 20.8 Å². The van der Waals surface area contributed by atoms with E-state index in [1.165, 1.54) is 6.07 Å². The second kappa shape index (κ2) is 8.57. The van der Waals surface area contributed by atoms with Gasteiger partial charge < -0.3 is 9.80 Å². The van der Waals surface area contributed by atoms with E-state index in [4.69, 9.17) is 0 Å². The number of likely N-dealkylation sites (tertiary alicyclic amines) is 1. The smallest absolute Gasteiger partial charge is 0.369 e. The van der Waals surface area contributed by atoms with Gasteiger partial charge in [-0.3, -0.25) is 9.69 Å². The number of piperazine rings is 1. The standard InChI is InChI=1S/C23H28F5N3O3S/c24-22(25)13-31(14-22)21(32)15-1-5-18(11-15)35(33,34)20-6-4-17(12-19(20)23(26,27)28)30-9-7-29(8-10-30)16-2-3-16/h4,6,12,15-16,18H,1-3,5,7-11,13-14H2/t15-,18-/m1/s1. The van der Waals surface area contributed by atoms with Crippen LogP contribution in [0, 0.1) is 5.92 Å². The molecule has 4 fully saturated rings. The number of rotatable bonds is 5. The molecule has 0 aromatic heterocycles. The van der Waals surface area contributed by atoms with Crippen molar-refractivity contribution in [2.75, 3.05) is 44.2 Å². The van der Waals surface area contributed by atoms with Gasteiger partial charge in [0.15, 0.2) is 9.84 Å². The third-order valence-electron chi connectivity index (χ3n) is 7.65. The highest BCUT2D eigenvalue weighted by Gasteiger charge is 2.50. The van der Waals surface area contributed by atoms with Gasteiger partial charge in [-0.1, -0.05) is 0 Å². The molecule has 2 saturated heterocycles. The minimum Gasteiger partial charge on any atom is -0.369 e. The second-order valence-electron chi connectivity index (χ2n) is 10.2. The minimum absolute atomic E-state index is 0.0190. The van der Waals surface area contributed by atoms with Crippen molar-refractivity contribution >= 4 is 21.4 Å². The number of halogens is 5. The number of benzene rings is 1. The van der Waals surface area contributed by atoms with Crippen molar-refractivity contribution in [1.29, 1.82) is 0 Å². The summed E-state index contributed by atoms with van der Waals surface area (Å²) in [6.45, 7) is 1.26. The van der Waals surface area contributed by atoms with Crippen molar-refractivity contribution < 1.29 is 35.2 Å². The van der Waals surface area contributed by atoms with Gasteiger partial charge >= 0.3 is 6.18 Å². The quantitative estimate of drug-likeness (QED) is 0.556. The van der Waals surface area contributed by atoms with Crippen LogP contribution in [0.4, 0.5) is 27.6 Å². The van der Waals surface area contributed by atoms with Crippen LogP contribution in [0.25, 0.3) is 0 Å². The Hall–Kier alpha value is -1.95. The highest BCUT2D eigenvalue weighted by Crippen LogP contribution is 2.42. The molecule has 0 unspecified atom stereocenters. The lowest BCUT2D eigenvalue weighted by Crippen LogP contribution is -2.59. The summed E-state index contributed by atoms with van der Waals surface area (Å²) in [6, 6.07) is 3.95. The predicted octanol–water partition coefficient (Wildman–Crippen LogP) is 3.41. The third kappa shape index (κ3) is 4.87. The van der Waals surface area contributed by atoms with Crippen LogP contribution in [-0.4, -0.2) is 80.6 Å². The molecule has 5 rings (SSSR count). The number of carbonyl (C=O) groups excluding carboxylic acids is 1. The maximum Gasteiger partial charge on any atom is 0.417 e. The first-order valence-electron chi connectivity index (χ1n) is 12.0. The molecule has 1 amide bonds. The molecule has 2 saturated carbocycles. The van der Waals surface area contributed by atoms with Crippen LogP contribution >= 0.6 is 0 Å². The largest absolute Gasteiger partial charge is 0.417 e. The fraction of sp³-hybridized carbons (Fsp3) is 0.696. The molecule has 2 heterocycles. The zero-order chi connectivity index (χ0) is 25.2. The monoisotopic (exact) mass is 521 g/mol. The van der Waals surface area contributed by atoms with E-state index >= 15 is 0 Å². The summed E-state index contributed by atoms with van der Waals surface area (Å²) in [6.07, 6.45) is -2.55. The van der Waals surface area contributed by atoms with Gasteiger partial charge in [-0.2, -0.15) is 13.2 Å². The SMILES string of the molecule is O=C([C@@H]1CC[C@@H](S(=O)(=O)c2ccc(N3CCN(C4CC4)CC3)cc2C(F)(F)F)C1)N1CC(F)(F)C1. The number of sulfone groups is 1. The number of anilines is 1. The Morgan fingerprint density at radius 2 is 1.63 bits per heavy atom.